The molecular formula is C16H18N2O2. The molecule has 1 aliphatic rings. The number of furan rings is 1. The summed E-state index contributed by atoms with van der Waals surface area (Å²) in [5.74, 6) is 0.159. The van der Waals surface area contributed by atoms with Crippen LogP contribution in [0.15, 0.2) is 52.2 Å². The Morgan fingerprint density at radius 2 is 2.00 bits per heavy atom. The van der Waals surface area contributed by atoms with Crippen molar-refractivity contribution in [3.05, 3.63) is 54.0 Å². The summed E-state index contributed by atoms with van der Waals surface area (Å²) in [4.78, 5) is 17.1. The van der Waals surface area contributed by atoms with E-state index in [0.717, 1.165) is 12.8 Å². The summed E-state index contributed by atoms with van der Waals surface area (Å²) in [7, 11) is 0. The van der Waals surface area contributed by atoms with E-state index in [1.165, 1.54) is 25.5 Å². The third-order valence-electron chi connectivity index (χ3n) is 3.68. The van der Waals surface area contributed by atoms with Crippen molar-refractivity contribution in [1.82, 2.24) is 4.57 Å². The van der Waals surface area contributed by atoms with Gasteiger partial charge < -0.3 is 4.42 Å². The predicted molar refractivity (Wildman–Crippen MR) is 75.3 cm³/mol. The summed E-state index contributed by atoms with van der Waals surface area (Å²) in [6.45, 7) is 0. The van der Waals surface area contributed by atoms with Gasteiger partial charge in [0.2, 0.25) is 0 Å². The molecule has 0 N–H and O–H groups in total. The van der Waals surface area contributed by atoms with Crippen molar-refractivity contribution < 1.29 is 9.21 Å². The Labute approximate surface area is 117 Å². The lowest BCUT2D eigenvalue weighted by atomic mass is 9.96. The first-order valence-corrected chi connectivity index (χ1v) is 7.14. The zero-order valence-electron chi connectivity index (χ0n) is 11.4. The van der Waals surface area contributed by atoms with Crippen LogP contribution in [-0.4, -0.2) is 16.5 Å². The molecular weight excluding hydrogens is 252 g/mol. The first kappa shape index (κ1) is 12.9. The highest BCUT2D eigenvalue weighted by atomic mass is 16.3. The molecule has 0 atom stereocenters. The number of hydrogen-bond donors (Lipinski definition) is 0. The minimum absolute atomic E-state index is 0.176. The van der Waals surface area contributed by atoms with Crippen molar-refractivity contribution in [3.63, 3.8) is 0 Å². The van der Waals surface area contributed by atoms with Gasteiger partial charge in [-0.15, -0.1) is 0 Å². The van der Waals surface area contributed by atoms with E-state index in [2.05, 4.69) is 0 Å². The summed E-state index contributed by atoms with van der Waals surface area (Å²) in [5, 5.41) is 0. The Kier molecular flexibility index (Phi) is 3.81. The van der Waals surface area contributed by atoms with E-state index in [-0.39, 0.29) is 5.91 Å². The van der Waals surface area contributed by atoms with Crippen LogP contribution in [0, 0.1) is 0 Å². The van der Waals surface area contributed by atoms with Crippen LogP contribution < -0.4 is 5.49 Å². The van der Waals surface area contributed by atoms with Gasteiger partial charge in [0.05, 0.1) is 12.3 Å². The van der Waals surface area contributed by atoms with Crippen molar-refractivity contribution >= 4 is 5.91 Å². The maximum absolute atomic E-state index is 12.4. The van der Waals surface area contributed by atoms with Crippen LogP contribution in [-0.2, 0) is 0 Å². The lowest BCUT2D eigenvalue weighted by Gasteiger charge is -2.17. The van der Waals surface area contributed by atoms with Crippen LogP contribution in [0.1, 0.15) is 42.7 Å². The minimum atomic E-state index is -0.176. The molecule has 20 heavy (non-hydrogen) atoms. The smallest absolute Gasteiger partial charge is 0.299 e. The normalized spacial score (nSPS) is 17.3. The molecule has 3 rings (SSSR count). The molecule has 1 aliphatic carbocycles. The number of carbonyl (C=O) groups excluding carboxylic acids is 1. The second kappa shape index (κ2) is 5.90. The molecule has 0 aliphatic heterocycles. The van der Waals surface area contributed by atoms with Crippen molar-refractivity contribution in [3.8, 4) is 0 Å². The number of carbonyl (C=O) groups is 1. The average Bonchev–Trinajstić information content (AvgIpc) is 3.02. The Morgan fingerprint density at radius 1 is 1.15 bits per heavy atom. The van der Waals surface area contributed by atoms with Crippen LogP contribution in [0.4, 0.5) is 0 Å². The fourth-order valence-corrected chi connectivity index (χ4v) is 2.63. The summed E-state index contributed by atoms with van der Waals surface area (Å²) in [5.41, 5.74) is 0.709. The molecule has 0 aromatic carbocycles. The monoisotopic (exact) mass is 270 g/mol. The molecule has 1 saturated carbocycles. The molecule has 0 spiro atoms. The first-order chi connectivity index (χ1) is 9.84. The number of aromatic nitrogens is 1. The molecule has 104 valence electrons. The van der Waals surface area contributed by atoms with E-state index in [9.17, 15) is 4.79 Å². The lowest BCUT2D eigenvalue weighted by molar-refractivity contribution is 0.0926. The first-order valence-electron chi connectivity index (χ1n) is 7.14. The summed E-state index contributed by atoms with van der Waals surface area (Å²) in [6, 6.07) is 9.35. The highest BCUT2D eigenvalue weighted by Crippen LogP contribution is 2.19. The number of pyridine rings is 1. The lowest BCUT2D eigenvalue weighted by Crippen LogP contribution is -2.29. The van der Waals surface area contributed by atoms with Crippen molar-refractivity contribution in [2.45, 2.75) is 38.1 Å². The molecule has 4 heteroatoms. The molecule has 2 heterocycles. The summed E-state index contributed by atoms with van der Waals surface area (Å²) < 4.78 is 6.75. The average molecular weight is 270 g/mol. The van der Waals surface area contributed by atoms with Gasteiger partial charge in [-0.05, 0) is 37.1 Å². The molecule has 1 fully saturated rings. The van der Waals surface area contributed by atoms with Gasteiger partial charge in [0.1, 0.15) is 5.49 Å². The molecule has 0 bridgehead atoms. The van der Waals surface area contributed by atoms with Crippen LogP contribution in [0.2, 0.25) is 0 Å². The van der Waals surface area contributed by atoms with Crippen LogP contribution in [0.5, 0.6) is 0 Å². The SMILES string of the molecule is O=C(c1ccco1)n1ccccc1=NC1CCCCC1. The highest BCUT2D eigenvalue weighted by Gasteiger charge is 2.14. The third kappa shape index (κ3) is 2.74. The van der Waals surface area contributed by atoms with Gasteiger partial charge in [-0.25, -0.2) is 0 Å². The third-order valence-corrected chi connectivity index (χ3v) is 3.68. The van der Waals surface area contributed by atoms with E-state index < -0.39 is 0 Å². The van der Waals surface area contributed by atoms with Crippen LogP contribution in [0.3, 0.4) is 0 Å². The predicted octanol–water partition coefficient (Wildman–Crippen LogP) is 3.00. The molecule has 0 unspecified atom stereocenters. The maximum Gasteiger partial charge on any atom is 0.299 e. The van der Waals surface area contributed by atoms with Crippen molar-refractivity contribution in [2.75, 3.05) is 0 Å². The largest absolute Gasteiger partial charge is 0.459 e. The fourth-order valence-electron chi connectivity index (χ4n) is 2.63. The topological polar surface area (TPSA) is 47.5 Å². The zero-order valence-corrected chi connectivity index (χ0v) is 11.4. The summed E-state index contributed by atoms with van der Waals surface area (Å²) >= 11 is 0. The molecule has 0 saturated heterocycles. The molecule has 2 aromatic heterocycles. The van der Waals surface area contributed by atoms with E-state index in [0.29, 0.717) is 17.3 Å². The fraction of sp³-hybridized carbons (Fsp3) is 0.375. The second-order valence-corrected chi connectivity index (χ2v) is 5.13. The number of hydrogen-bond acceptors (Lipinski definition) is 3. The van der Waals surface area contributed by atoms with E-state index in [1.54, 1.807) is 22.9 Å². The van der Waals surface area contributed by atoms with Gasteiger partial charge in [-0.1, -0.05) is 25.3 Å². The van der Waals surface area contributed by atoms with Gasteiger partial charge in [-0.3, -0.25) is 14.4 Å². The van der Waals surface area contributed by atoms with Crippen LogP contribution in [0.25, 0.3) is 0 Å². The van der Waals surface area contributed by atoms with E-state index in [1.807, 2.05) is 18.2 Å². The quantitative estimate of drug-likeness (QED) is 0.842. The molecule has 0 radical (unpaired) electrons. The standard InChI is InChI=1S/C16H18N2O2/c19-16(14-9-6-12-20-14)18-11-5-4-10-15(18)17-13-7-2-1-3-8-13/h4-6,9-13H,1-3,7-8H2. The Balaban J connectivity index is 1.95. The Bertz CT molecular complexity index is 635. The van der Waals surface area contributed by atoms with Crippen LogP contribution >= 0.6 is 0 Å². The van der Waals surface area contributed by atoms with Crippen molar-refractivity contribution in [1.29, 1.82) is 0 Å². The Hall–Kier alpha value is -2.10. The maximum atomic E-state index is 12.4. The summed E-state index contributed by atoms with van der Waals surface area (Å²) in [6.07, 6.45) is 9.24. The van der Waals surface area contributed by atoms with Gasteiger partial charge in [-0.2, -0.15) is 0 Å². The number of rotatable bonds is 2. The highest BCUT2D eigenvalue weighted by molar-refractivity contribution is 5.93. The molecule has 4 nitrogen and oxygen atoms in total. The van der Waals surface area contributed by atoms with E-state index in [4.69, 9.17) is 9.41 Å². The second-order valence-electron chi connectivity index (χ2n) is 5.13. The zero-order chi connectivity index (χ0) is 13.8. The minimum Gasteiger partial charge on any atom is -0.459 e. The number of nitrogens with zero attached hydrogens (tertiary/aromatic N) is 2. The van der Waals surface area contributed by atoms with Gasteiger partial charge in [0.15, 0.2) is 5.76 Å². The Morgan fingerprint density at radius 3 is 2.75 bits per heavy atom. The van der Waals surface area contributed by atoms with Gasteiger partial charge in [0.25, 0.3) is 5.91 Å². The van der Waals surface area contributed by atoms with Gasteiger partial charge in [0, 0.05) is 6.20 Å². The van der Waals surface area contributed by atoms with Gasteiger partial charge >= 0.3 is 0 Å². The molecule has 0 amide bonds. The van der Waals surface area contributed by atoms with Crippen molar-refractivity contribution in [2.24, 2.45) is 4.99 Å². The molecule has 2 aromatic rings. The van der Waals surface area contributed by atoms with E-state index >= 15 is 0 Å².